The molecule has 0 amide bonds. The monoisotopic (exact) mass is 199 g/mol. The van der Waals surface area contributed by atoms with Crippen molar-refractivity contribution in [2.75, 3.05) is 0 Å². The number of H-pyrrole nitrogens is 1. The summed E-state index contributed by atoms with van der Waals surface area (Å²) in [5.74, 6) is -0.309. The fraction of sp³-hybridized carbons (Fsp3) is 0.444. The third-order valence-electron chi connectivity index (χ3n) is 2.19. The molecule has 1 aliphatic rings. The molecule has 1 fully saturated rings. The van der Waals surface area contributed by atoms with Crippen LogP contribution in [0.25, 0.3) is 0 Å². The van der Waals surface area contributed by atoms with E-state index >= 15 is 0 Å². The summed E-state index contributed by atoms with van der Waals surface area (Å²) < 4.78 is 5.16. The average molecular weight is 200 g/mol. The first kappa shape index (κ1) is 8.63. The van der Waals surface area contributed by atoms with Crippen LogP contribution in [0.15, 0.2) is 12.3 Å². The van der Waals surface area contributed by atoms with Crippen molar-refractivity contribution in [3.63, 3.8) is 0 Å². The zero-order chi connectivity index (χ0) is 9.26. The summed E-state index contributed by atoms with van der Waals surface area (Å²) in [5, 5.41) is 0.528. The molecule has 0 bridgehead atoms. The largest absolute Gasteiger partial charge is 0.458 e. The lowest BCUT2D eigenvalue weighted by Gasteiger charge is -2.24. The molecule has 1 N–H and O–H groups in total. The van der Waals surface area contributed by atoms with Crippen LogP contribution in [0.3, 0.4) is 0 Å². The van der Waals surface area contributed by atoms with Crippen molar-refractivity contribution in [1.82, 2.24) is 4.98 Å². The molecule has 13 heavy (non-hydrogen) atoms. The number of hydrogen-bond acceptors (Lipinski definition) is 2. The van der Waals surface area contributed by atoms with Crippen LogP contribution in [0.5, 0.6) is 0 Å². The number of esters is 1. The molecule has 70 valence electrons. The maximum absolute atomic E-state index is 11.3. The molecule has 1 saturated carbocycles. The Morgan fingerprint density at radius 1 is 1.62 bits per heavy atom. The quantitative estimate of drug-likeness (QED) is 0.744. The van der Waals surface area contributed by atoms with Gasteiger partial charge in [-0.25, -0.2) is 4.79 Å². The van der Waals surface area contributed by atoms with E-state index in [1.54, 1.807) is 12.3 Å². The molecule has 1 aromatic heterocycles. The molecule has 0 atom stereocenters. The average Bonchev–Trinajstić information content (AvgIpc) is 2.44. The van der Waals surface area contributed by atoms with Crippen LogP contribution in [0.2, 0.25) is 5.02 Å². The molecule has 1 aliphatic carbocycles. The number of carbonyl (C=O) groups is 1. The zero-order valence-corrected chi connectivity index (χ0v) is 7.80. The van der Waals surface area contributed by atoms with Gasteiger partial charge >= 0.3 is 5.97 Å². The Balaban J connectivity index is 1.96. The topological polar surface area (TPSA) is 42.1 Å². The minimum absolute atomic E-state index is 0.120. The van der Waals surface area contributed by atoms with E-state index in [4.69, 9.17) is 16.3 Å². The van der Waals surface area contributed by atoms with Crippen molar-refractivity contribution in [3.8, 4) is 0 Å². The first-order chi connectivity index (χ1) is 6.25. The zero-order valence-electron chi connectivity index (χ0n) is 7.05. The predicted molar refractivity (Wildman–Crippen MR) is 48.9 cm³/mol. The van der Waals surface area contributed by atoms with Gasteiger partial charge in [-0.05, 0) is 25.3 Å². The summed E-state index contributed by atoms with van der Waals surface area (Å²) in [6, 6.07) is 1.57. The van der Waals surface area contributed by atoms with E-state index < -0.39 is 0 Å². The van der Waals surface area contributed by atoms with Gasteiger partial charge in [0.1, 0.15) is 11.8 Å². The highest BCUT2D eigenvalue weighted by molar-refractivity contribution is 6.30. The van der Waals surface area contributed by atoms with Crippen LogP contribution in [-0.4, -0.2) is 17.1 Å². The smallest absolute Gasteiger partial charge is 0.355 e. The van der Waals surface area contributed by atoms with Crippen molar-refractivity contribution >= 4 is 17.6 Å². The molecule has 0 aliphatic heterocycles. The molecule has 0 radical (unpaired) electrons. The van der Waals surface area contributed by atoms with Crippen LogP contribution >= 0.6 is 11.6 Å². The van der Waals surface area contributed by atoms with E-state index in [9.17, 15) is 4.79 Å². The maximum Gasteiger partial charge on any atom is 0.355 e. The van der Waals surface area contributed by atoms with Crippen LogP contribution in [-0.2, 0) is 4.74 Å². The Labute approximate surface area is 81.0 Å². The van der Waals surface area contributed by atoms with Gasteiger partial charge in [0.2, 0.25) is 0 Å². The van der Waals surface area contributed by atoms with E-state index in [2.05, 4.69) is 4.98 Å². The molecule has 4 heteroatoms. The van der Waals surface area contributed by atoms with Gasteiger partial charge < -0.3 is 9.72 Å². The van der Waals surface area contributed by atoms with Gasteiger partial charge in [0.05, 0.1) is 5.02 Å². The van der Waals surface area contributed by atoms with E-state index in [1.807, 2.05) is 0 Å². The van der Waals surface area contributed by atoms with Crippen LogP contribution in [0, 0.1) is 0 Å². The van der Waals surface area contributed by atoms with Crippen molar-refractivity contribution < 1.29 is 9.53 Å². The van der Waals surface area contributed by atoms with Gasteiger partial charge in [0.15, 0.2) is 0 Å². The van der Waals surface area contributed by atoms with Crippen LogP contribution in [0.4, 0.5) is 0 Å². The minimum Gasteiger partial charge on any atom is -0.458 e. The van der Waals surface area contributed by atoms with E-state index in [0.717, 1.165) is 19.3 Å². The van der Waals surface area contributed by atoms with E-state index in [-0.39, 0.29) is 12.1 Å². The maximum atomic E-state index is 11.3. The number of aromatic nitrogens is 1. The molecule has 2 rings (SSSR count). The molecular weight excluding hydrogens is 190 g/mol. The first-order valence-corrected chi connectivity index (χ1v) is 4.68. The van der Waals surface area contributed by atoms with Gasteiger partial charge in [-0.1, -0.05) is 11.6 Å². The van der Waals surface area contributed by atoms with E-state index in [0.29, 0.717) is 10.7 Å². The number of hydrogen-bond donors (Lipinski definition) is 1. The molecule has 3 nitrogen and oxygen atoms in total. The Kier molecular flexibility index (Phi) is 2.27. The Morgan fingerprint density at radius 2 is 2.38 bits per heavy atom. The standard InChI is InChI=1S/C9H10ClNO2/c10-6-4-8(11-5-6)9(12)13-7-2-1-3-7/h4-5,7,11H,1-3H2. The third-order valence-corrected chi connectivity index (χ3v) is 2.41. The number of halogens is 1. The molecular formula is C9H10ClNO2. The van der Waals surface area contributed by atoms with Crippen LogP contribution in [0.1, 0.15) is 29.8 Å². The second-order valence-electron chi connectivity index (χ2n) is 3.19. The number of nitrogens with one attached hydrogen (secondary N) is 1. The van der Waals surface area contributed by atoms with Gasteiger partial charge in [0.25, 0.3) is 0 Å². The van der Waals surface area contributed by atoms with Crippen molar-refractivity contribution in [3.05, 3.63) is 23.0 Å². The lowest BCUT2D eigenvalue weighted by atomic mass is 9.96. The normalized spacial score (nSPS) is 16.7. The second-order valence-corrected chi connectivity index (χ2v) is 3.63. The molecule has 0 aromatic carbocycles. The summed E-state index contributed by atoms with van der Waals surface area (Å²) in [5.41, 5.74) is 0.428. The molecule has 1 aromatic rings. The van der Waals surface area contributed by atoms with E-state index in [1.165, 1.54) is 0 Å². The van der Waals surface area contributed by atoms with Crippen molar-refractivity contribution in [1.29, 1.82) is 0 Å². The van der Waals surface area contributed by atoms with Crippen LogP contribution < -0.4 is 0 Å². The fourth-order valence-electron chi connectivity index (χ4n) is 1.19. The summed E-state index contributed by atoms with van der Waals surface area (Å²) in [6.07, 6.45) is 4.82. The predicted octanol–water partition coefficient (Wildman–Crippen LogP) is 2.38. The van der Waals surface area contributed by atoms with Gasteiger partial charge in [-0.15, -0.1) is 0 Å². The van der Waals surface area contributed by atoms with Gasteiger partial charge in [0, 0.05) is 6.20 Å². The SMILES string of the molecule is O=C(OC1CCC1)c1cc(Cl)c[nH]1. The third kappa shape index (κ3) is 1.86. The lowest BCUT2D eigenvalue weighted by molar-refractivity contribution is 0.00844. The number of carbonyl (C=O) groups excluding carboxylic acids is 1. The molecule has 0 saturated heterocycles. The first-order valence-electron chi connectivity index (χ1n) is 4.30. The second kappa shape index (κ2) is 3.42. The molecule has 0 spiro atoms. The number of rotatable bonds is 2. The Morgan fingerprint density at radius 3 is 2.85 bits per heavy atom. The summed E-state index contributed by atoms with van der Waals surface area (Å²) in [4.78, 5) is 14.1. The van der Waals surface area contributed by atoms with Gasteiger partial charge in [-0.3, -0.25) is 0 Å². The number of ether oxygens (including phenoxy) is 1. The lowest BCUT2D eigenvalue weighted by Crippen LogP contribution is -2.25. The fourth-order valence-corrected chi connectivity index (χ4v) is 1.35. The Hall–Kier alpha value is -0.960. The minimum atomic E-state index is -0.309. The van der Waals surface area contributed by atoms with Crippen molar-refractivity contribution in [2.24, 2.45) is 0 Å². The highest BCUT2D eigenvalue weighted by Gasteiger charge is 2.22. The summed E-state index contributed by atoms with van der Waals surface area (Å²) in [7, 11) is 0. The summed E-state index contributed by atoms with van der Waals surface area (Å²) >= 11 is 5.65. The molecule has 1 heterocycles. The van der Waals surface area contributed by atoms with Gasteiger partial charge in [-0.2, -0.15) is 0 Å². The highest BCUT2D eigenvalue weighted by Crippen LogP contribution is 2.23. The van der Waals surface area contributed by atoms with Crippen molar-refractivity contribution in [2.45, 2.75) is 25.4 Å². The number of aromatic amines is 1. The highest BCUT2D eigenvalue weighted by atomic mass is 35.5. The Bertz CT molecular complexity index is 317. The molecule has 0 unspecified atom stereocenters. The summed E-state index contributed by atoms with van der Waals surface area (Å²) in [6.45, 7) is 0.